The molecular weight excluding hydrogens is 308 g/mol. The van der Waals surface area contributed by atoms with Crippen LogP contribution in [0.2, 0.25) is 0 Å². The van der Waals surface area contributed by atoms with Crippen molar-refractivity contribution in [1.29, 1.82) is 0 Å². The highest BCUT2D eigenvalue weighted by Crippen LogP contribution is 2.25. The van der Waals surface area contributed by atoms with E-state index in [4.69, 9.17) is 16.3 Å². The van der Waals surface area contributed by atoms with Gasteiger partial charge in [-0.3, -0.25) is 4.79 Å². The summed E-state index contributed by atoms with van der Waals surface area (Å²) in [6.07, 6.45) is 0. The van der Waals surface area contributed by atoms with E-state index < -0.39 is 0 Å². The van der Waals surface area contributed by atoms with Gasteiger partial charge < -0.3 is 9.64 Å². The lowest BCUT2D eigenvalue weighted by molar-refractivity contribution is 0.0303. The Labute approximate surface area is 132 Å². The molecule has 1 saturated heterocycles. The normalized spacial score (nSPS) is 15.2. The molecule has 2 aromatic rings. The van der Waals surface area contributed by atoms with Gasteiger partial charge in [-0.25, -0.2) is 4.98 Å². The molecule has 0 atom stereocenters. The van der Waals surface area contributed by atoms with Crippen LogP contribution in [0.25, 0.3) is 10.6 Å². The molecule has 0 radical (unpaired) electrons. The molecule has 1 aliphatic rings. The Morgan fingerprint density at radius 2 is 2.19 bits per heavy atom. The fourth-order valence-electron chi connectivity index (χ4n) is 2.24. The van der Waals surface area contributed by atoms with Crippen LogP contribution in [0.4, 0.5) is 0 Å². The summed E-state index contributed by atoms with van der Waals surface area (Å²) in [6.45, 7) is 2.52. The van der Waals surface area contributed by atoms with Gasteiger partial charge in [0.15, 0.2) is 0 Å². The number of amides is 1. The van der Waals surface area contributed by atoms with Crippen LogP contribution in [0.1, 0.15) is 16.1 Å². The van der Waals surface area contributed by atoms with Crippen LogP contribution in [0.5, 0.6) is 0 Å². The molecular formula is C15H15ClN2O2S. The van der Waals surface area contributed by atoms with Crippen molar-refractivity contribution in [2.45, 2.75) is 5.88 Å². The smallest absolute Gasteiger partial charge is 0.254 e. The molecule has 0 spiro atoms. The van der Waals surface area contributed by atoms with E-state index in [2.05, 4.69) is 4.98 Å². The van der Waals surface area contributed by atoms with Crippen LogP contribution in [-0.2, 0) is 10.6 Å². The largest absolute Gasteiger partial charge is 0.378 e. The number of ether oxygens (including phenoxy) is 1. The number of thiazole rings is 1. The van der Waals surface area contributed by atoms with Crippen LogP contribution in [-0.4, -0.2) is 42.1 Å². The highest BCUT2D eigenvalue weighted by atomic mass is 35.5. The van der Waals surface area contributed by atoms with Crippen molar-refractivity contribution in [1.82, 2.24) is 9.88 Å². The van der Waals surface area contributed by atoms with E-state index in [1.165, 1.54) is 0 Å². The Morgan fingerprint density at radius 1 is 1.38 bits per heavy atom. The first kappa shape index (κ1) is 14.5. The second-order valence-electron chi connectivity index (χ2n) is 4.76. The lowest BCUT2D eigenvalue weighted by atomic mass is 10.1. The van der Waals surface area contributed by atoms with Gasteiger partial charge in [0.2, 0.25) is 0 Å². The Morgan fingerprint density at radius 3 is 2.90 bits per heavy atom. The molecule has 1 fully saturated rings. The van der Waals surface area contributed by atoms with Gasteiger partial charge in [-0.05, 0) is 12.1 Å². The molecule has 2 heterocycles. The number of halogens is 1. The molecule has 0 N–H and O–H groups in total. The molecule has 1 amide bonds. The third-order valence-electron chi connectivity index (χ3n) is 3.34. The van der Waals surface area contributed by atoms with Crippen molar-refractivity contribution >= 4 is 28.8 Å². The zero-order valence-electron chi connectivity index (χ0n) is 11.4. The maximum absolute atomic E-state index is 12.5. The van der Waals surface area contributed by atoms with Crippen molar-refractivity contribution in [2.75, 3.05) is 26.3 Å². The van der Waals surface area contributed by atoms with Gasteiger partial charge in [0, 0.05) is 29.6 Å². The Balaban J connectivity index is 1.83. The van der Waals surface area contributed by atoms with Crippen LogP contribution in [0.3, 0.4) is 0 Å². The molecule has 0 aliphatic carbocycles. The minimum atomic E-state index is 0.0503. The van der Waals surface area contributed by atoms with Gasteiger partial charge in [0.05, 0.1) is 24.8 Å². The van der Waals surface area contributed by atoms with Crippen molar-refractivity contribution in [3.05, 3.63) is 40.9 Å². The van der Waals surface area contributed by atoms with E-state index in [-0.39, 0.29) is 5.91 Å². The van der Waals surface area contributed by atoms with E-state index >= 15 is 0 Å². The predicted octanol–water partition coefficient (Wildman–Crippen LogP) is 3.02. The van der Waals surface area contributed by atoms with Gasteiger partial charge in [0.25, 0.3) is 5.91 Å². The number of carbonyl (C=O) groups excluding carboxylic acids is 1. The summed E-state index contributed by atoms with van der Waals surface area (Å²) in [5.41, 5.74) is 2.51. The third kappa shape index (κ3) is 3.26. The summed E-state index contributed by atoms with van der Waals surface area (Å²) >= 11 is 7.33. The van der Waals surface area contributed by atoms with Crippen molar-refractivity contribution in [3.63, 3.8) is 0 Å². The number of benzene rings is 1. The van der Waals surface area contributed by atoms with Gasteiger partial charge in [0.1, 0.15) is 5.01 Å². The van der Waals surface area contributed by atoms with E-state index in [0.29, 0.717) is 37.7 Å². The number of hydrogen-bond acceptors (Lipinski definition) is 4. The molecule has 110 valence electrons. The topological polar surface area (TPSA) is 42.4 Å². The third-order valence-corrected chi connectivity index (χ3v) is 4.56. The van der Waals surface area contributed by atoms with Crippen molar-refractivity contribution in [3.8, 4) is 10.6 Å². The van der Waals surface area contributed by atoms with E-state index in [0.717, 1.165) is 16.3 Å². The molecule has 0 unspecified atom stereocenters. The first-order chi connectivity index (χ1) is 10.3. The molecule has 6 heteroatoms. The van der Waals surface area contributed by atoms with Crippen molar-refractivity contribution < 1.29 is 9.53 Å². The van der Waals surface area contributed by atoms with E-state index in [1.807, 2.05) is 34.5 Å². The average Bonchev–Trinajstić information content (AvgIpc) is 3.04. The summed E-state index contributed by atoms with van der Waals surface area (Å²) in [4.78, 5) is 18.8. The lowest BCUT2D eigenvalue weighted by Crippen LogP contribution is -2.40. The lowest BCUT2D eigenvalue weighted by Gasteiger charge is -2.26. The summed E-state index contributed by atoms with van der Waals surface area (Å²) in [7, 11) is 0. The van der Waals surface area contributed by atoms with Gasteiger partial charge in [-0.2, -0.15) is 0 Å². The fraction of sp³-hybridized carbons (Fsp3) is 0.333. The minimum absolute atomic E-state index is 0.0503. The highest BCUT2D eigenvalue weighted by molar-refractivity contribution is 7.13. The Bertz CT molecular complexity index is 638. The summed E-state index contributed by atoms with van der Waals surface area (Å²) in [6, 6.07) is 7.60. The second-order valence-corrected chi connectivity index (χ2v) is 5.89. The first-order valence-corrected chi connectivity index (χ1v) is 8.17. The number of alkyl halides is 1. The molecule has 1 aromatic heterocycles. The molecule has 1 aromatic carbocycles. The van der Waals surface area contributed by atoms with Crippen LogP contribution in [0, 0.1) is 0 Å². The number of morpholine rings is 1. The number of aromatic nitrogens is 1. The van der Waals surface area contributed by atoms with Crippen molar-refractivity contribution in [2.24, 2.45) is 0 Å². The van der Waals surface area contributed by atoms with Gasteiger partial charge in [-0.15, -0.1) is 22.9 Å². The van der Waals surface area contributed by atoms with Crippen LogP contribution < -0.4 is 0 Å². The number of hydrogen-bond donors (Lipinski definition) is 0. The molecule has 1 aliphatic heterocycles. The maximum atomic E-state index is 12.5. The zero-order chi connectivity index (χ0) is 14.7. The van der Waals surface area contributed by atoms with Crippen LogP contribution in [0.15, 0.2) is 29.6 Å². The van der Waals surface area contributed by atoms with E-state index in [1.54, 1.807) is 11.3 Å². The predicted molar refractivity (Wildman–Crippen MR) is 83.8 cm³/mol. The number of nitrogens with zero attached hydrogens (tertiary/aromatic N) is 2. The highest BCUT2D eigenvalue weighted by Gasteiger charge is 2.19. The quantitative estimate of drug-likeness (QED) is 0.816. The molecule has 4 nitrogen and oxygen atoms in total. The summed E-state index contributed by atoms with van der Waals surface area (Å²) in [5, 5.41) is 2.83. The zero-order valence-corrected chi connectivity index (χ0v) is 13.0. The van der Waals surface area contributed by atoms with Crippen LogP contribution >= 0.6 is 22.9 Å². The molecule has 21 heavy (non-hydrogen) atoms. The first-order valence-electron chi connectivity index (χ1n) is 6.76. The minimum Gasteiger partial charge on any atom is -0.378 e. The fourth-order valence-corrected chi connectivity index (χ4v) is 3.28. The van der Waals surface area contributed by atoms with E-state index in [9.17, 15) is 4.79 Å². The second kappa shape index (κ2) is 6.56. The molecule has 0 bridgehead atoms. The Hall–Kier alpha value is -1.43. The molecule has 3 rings (SSSR count). The summed E-state index contributed by atoms with van der Waals surface area (Å²) in [5.74, 6) is 0.456. The maximum Gasteiger partial charge on any atom is 0.254 e. The monoisotopic (exact) mass is 322 g/mol. The average molecular weight is 323 g/mol. The van der Waals surface area contributed by atoms with Gasteiger partial charge >= 0.3 is 0 Å². The number of rotatable bonds is 3. The Kier molecular flexibility index (Phi) is 4.53. The SMILES string of the molecule is O=C(c1cccc(-c2nc(CCl)cs2)c1)N1CCOCC1. The molecule has 0 saturated carbocycles. The number of carbonyl (C=O) groups is 1. The van der Waals surface area contributed by atoms with Gasteiger partial charge in [-0.1, -0.05) is 12.1 Å². The standard InChI is InChI=1S/C15H15ClN2O2S/c16-9-13-10-21-14(17-13)11-2-1-3-12(8-11)15(19)18-4-6-20-7-5-18/h1-3,8,10H,4-7,9H2. The summed E-state index contributed by atoms with van der Waals surface area (Å²) < 4.78 is 5.28.